The molecule has 6 rings (SSSR count). The maximum atomic E-state index is 4.49. The first-order chi connectivity index (χ1) is 15.1. The van der Waals surface area contributed by atoms with Crippen LogP contribution in [-0.2, 0) is 0 Å². The van der Waals surface area contributed by atoms with Crippen molar-refractivity contribution in [1.29, 1.82) is 0 Å². The lowest BCUT2D eigenvalue weighted by atomic mass is 10.1. The highest BCUT2D eigenvalue weighted by Crippen LogP contribution is 2.28. The van der Waals surface area contributed by atoms with E-state index in [-0.39, 0.29) is 0 Å². The molecule has 0 radical (unpaired) electrons. The summed E-state index contributed by atoms with van der Waals surface area (Å²) in [7, 11) is 0. The summed E-state index contributed by atoms with van der Waals surface area (Å²) in [5.74, 6) is 0. The first kappa shape index (κ1) is 20.1. The van der Waals surface area contributed by atoms with E-state index in [2.05, 4.69) is 67.5 Å². The summed E-state index contributed by atoms with van der Waals surface area (Å²) in [6.45, 7) is 15.5. The molecule has 0 spiro atoms. The zero-order valence-corrected chi connectivity index (χ0v) is 18.5. The topological polar surface area (TPSA) is 72.8 Å². The number of anilines is 1. The monoisotopic (exact) mass is 419 g/mol. The molecule has 3 aromatic rings. The van der Waals surface area contributed by atoms with Gasteiger partial charge in [0, 0.05) is 31.9 Å². The molecule has 31 heavy (non-hydrogen) atoms. The molecule has 8 nitrogen and oxygen atoms in total. The molecule has 3 aliphatic rings. The largest absolute Gasteiger partial charge is 0.366 e. The Bertz CT molecular complexity index is 1070. The van der Waals surface area contributed by atoms with Crippen LogP contribution in [0.2, 0.25) is 0 Å². The predicted molar refractivity (Wildman–Crippen MR) is 123 cm³/mol. The highest BCUT2D eigenvalue weighted by molar-refractivity contribution is 5.77. The van der Waals surface area contributed by atoms with Crippen molar-refractivity contribution >= 4 is 28.1 Å². The summed E-state index contributed by atoms with van der Waals surface area (Å²) in [6, 6.07) is 12.2. The molecule has 3 aliphatic heterocycles. The Labute approximate surface area is 183 Å². The third-order valence-electron chi connectivity index (χ3n) is 7.02. The van der Waals surface area contributed by atoms with Crippen LogP contribution in [0.25, 0.3) is 11.0 Å². The second-order valence-corrected chi connectivity index (χ2v) is 8.84. The van der Waals surface area contributed by atoms with Gasteiger partial charge in [-0.05, 0) is 55.8 Å². The van der Waals surface area contributed by atoms with Crippen molar-refractivity contribution in [2.24, 2.45) is 10.2 Å². The molecule has 0 amide bonds. The fraction of sp³-hybridized carbons (Fsp3) is 0.478. The zero-order valence-electron chi connectivity index (χ0n) is 18.5. The van der Waals surface area contributed by atoms with Crippen molar-refractivity contribution in [2.45, 2.75) is 13.8 Å². The van der Waals surface area contributed by atoms with Crippen LogP contribution in [0.15, 0.2) is 46.6 Å². The maximum Gasteiger partial charge on any atom is 0.113 e. The number of likely N-dealkylation sites (N-methyl/N-ethyl adjacent to an activating group) is 1. The van der Waals surface area contributed by atoms with Gasteiger partial charge in [0.25, 0.3) is 0 Å². The summed E-state index contributed by atoms with van der Waals surface area (Å²) < 4.78 is 1.30. The highest BCUT2D eigenvalue weighted by atomic mass is 15.5. The smallest absolute Gasteiger partial charge is 0.113 e. The number of aryl methyl sites for hydroxylation is 1. The zero-order chi connectivity index (χ0) is 21.3. The third kappa shape index (κ3) is 4.18. The van der Waals surface area contributed by atoms with E-state index in [0.717, 1.165) is 41.1 Å². The van der Waals surface area contributed by atoms with Gasteiger partial charge in [-0.15, -0.1) is 5.10 Å². The Morgan fingerprint density at radius 2 is 1.87 bits per heavy atom. The van der Waals surface area contributed by atoms with Crippen molar-refractivity contribution in [3.05, 3.63) is 42.0 Å². The van der Waals surface area contributed by atoms with Gasteiger partial charge < -0.3 is 9.38 Å². The van der Waals surface area contributed by atoms with Crippen molar-refractivity contribution < 1.29 is 4.48 Å². The van der Waals surface area contributed by atoms with Crippen LogP contribution in [0.4, 0.5) is 17.1 Å². The molecule has 1 aromatic heterocycles. The third-order valence-corrected chi connectivity index (χ3v) is 7.02. The first-order valence-electron chi connectivity index (χ1n) is 11.3. The molecule has 0 unspecified atom stereocenters. The van der Waals surface area contributed by atoms with Gasteiger partial charge in [0.15, 0.2) is 0 Å². The van der Waals surface area contributed by atoms with Crippen LogP contribution in [0.5, 0.6) is 0 Å². The number of hydrogen-bond donors (Lipinski definition) is 1. The number of fused-ring (bicyclic) bond motifs is 4. The standard InChI is InChI=1S/C23H31N8/c1-3-30(11-15-31-12-8-29(9-13-31)10-14-31)20-5-7-21(18(2)16-20)25-24-19-4-6-22-23(17-19)27-28-26-22/h4-7,16-17H,3,8-15H2,1-2H3,(H,26,27,28)/q+1/b25-24+. The van der Waals surface area contributed by atoms with Gasteiger partial charge in [-0.2, -0.15) is 10.2 Å². The van der Waals surface area contributed by atoms with E-state index in [1.807, 2.05) is 18.2 Å². The molecular formula is C23H31N8+. The minimum Gasteiger partial charge on any atom is -0.366 e. The SMILES string of the molecule is CCN(CC[N+]12CCN(CC1)CC2)c1ccc(/N=N/c2ccc3nn[nH]c3c2)c(C)c1. The number of quaternary nitrogens is 1. The number of hydrogen-bond acceptors (Lipinski definition) is 6. The number of benzene rings is 2. The quantitative estimate of drug-likeness (QED) is 0.469. The number of aromatic nitrogens is 3. The van der Waals surface area contributed by atoms with Gasteiger partial charge >= 0.3 is 0 Å². The van der Waals surface area contributed by atoms with Crippen LogP contribution in [0.1, 0.15) is 12.5 Å². The molecule has 1 N–H and O–H groups in total. The average Bonchev–Trinajstić information content (AvgIpc) is 3.28. The van der Waals surface area contributed by atoms with E-state index in [1.165, 1.54) is 56.0 Å². The number of rotatable bonds is 7. The molecule has 3 saturated heterocycles. The number of H-pyrrole nitrogens is 1. The number of nitrogens with one attached hydrogen (secondary N) is 1. The second-order valence-electron chi connectivity index (χ2n) is 8.84. The Hall–Kier alpha value is -2.84. The average molecular weight is 420 g/mol. The lowest BCUT2D eigenvalue weighted by molar-refractivity contribution is -0.939. The Morgan fingerprint density at radius 3 is 2.61 bits per heavy atom. The Kier molecular flexibility index (Phi) is 5.41. The van der Waals surface area contributed by atoms with Crippen molar-refractivity contribution in [2.75, 3.05) is 63.8 Å². The van der Waals surface area contributed by atoms with Gasteiger partial charge in [-0.25, -0.2) is 0 Å². The first-order valence-corrected chi connectivity index (χ1v) is 11.3. The number of nitrogens with zero attached hydrogens (tertiary/aromatic N) is 7. The van der Waals surface area contributed by atoms with Crippen LogP contribution < -0.4 is 4.90 Å². The predicted octanol–water partition coefficient (Wildman–Crippen LogP) is 3.65. The highest BCUT2D eigenvalue weighted by Gasteiger charge is 2.38. The van der Waals surface area contributed by atoms with E-state index in [4.69, 9.17) is 0 Å². The fourth-order valence-corrected chi connectivity index (χ4v) is 4.83. The molecule has 2 aromatic carbocycles. The van der Waals surface area contributed by atoms with E-state index in [0.29, 0.717) is 0 Å². The Morgan fingerprint density at radius 1 is 1.06 bits per heavy atom. The van der Waals surface area contributed by atoms with Crippen molar-refractivity contribution in [1.82, 2.24) is 20.3 Å². The van der Waals surface area contributed by atoms with Crippen LogP contribution >= 0.6 is 0 Å². The minimum absolute atomic E-state index is 0.785. The Balaban J connectivity index is 1.27. The van der Waals surface area contributed by atoms with Gasteiger partial charge in [0.1, 0.15) is 5.52 Å². The second kappa shape index (κ2) is 8.36. The van der Waals surface area contributed by atoms with Crippen molar-refractivity contribution in [3.63, 3.8) is 0 Å². The van der Waals surface area contributed by atoms with Gasteiger partial charge in [-0.3, -0.25) is 10.00 Å². The summed E-state index contributed by atoms with van der Waals surface area (Å²) in [4.78, 5) is 5.11. The summed E-state index contributed by atoms with van der Waals surface area (Å²) in [6.07, 6.45) is 0. The molecule has 0 atom stereocenters. The summed E-state index contributed by atoms with van der Waals surface area (Å²) >= 11 is 0. The molecular weight excluding hydrogens is 388 g/mol. The van der Waals surface area contributed by atoms with Gasteiger partial charge in [0.05, 0.1) is 49.6 Å². The lowest BCUT2D eigenvalue weighted by Crippen LogP contribution is -2.68. The van der Waals surface area contributed by atoms with E-state index in [1.54, 1.807) is 0 Å². The summed E-state index contributed by atoms with van der Waals surface area (Å²) in [5, 5.41) is 19.6. The lowest BCUT2D eigenvalue weighted by Gasteiger charge is -2.51. The van der Waals surface area contributed by atoms with Crippen LogP contribution in [0.3, 0.4) is 0 Å². The maximum absolute atomic E-state index is 4.49. The number of azo groups is 1. The molecule has 162 valence electrons. The van der Waals surface area contributed by atoms with Gasteiger partial charge in [-0.1, -0.05) is 5.21 Å². The van der Waals surface area contributed by atoms with Crippen LogP contribution in [-0.4, -0.2) is 83.7 Å². The molecule has 0 aliphatic carbocycles. The van der Waals surface area contributed by atoms with E-state index in [9.17, 15) is 0 Å². The van der Waals surface area contributed by atoms with Crippen LogP contribution in [0, 0.1) is 6.92 Å². The fourth-order valence-electron chi connectivity index (χ4n) is 4.83. The molecule has 2 bridgehead atoms. The van der Waals surface area contributed by atoms with Gasteiger partial charge in [0.2, 0.25) is 0 Å². The molecule has 3 fully saturated rings. The summed E-state index contributed by atoms with van der Waals surface area (Å²) in [5.41, 5.74) is 5.80. The van der Waals surface area contributed by atoms with E-state index >= 15 is 0 Å². The molecule has 4 heterocycles. The normalized spacial score (nSPS) is 23.1. The number of aromatic amines is 1. The minimum atomic E-state index is 0.785. The van der Waals surface area contributed by atoms with Crippen molar-refractivity contribution in [3.8, 4) is 0 Å². The molecule has 8 heteroatoms. The van der Waals surface area contributed by atoms with E-state index < -0.39 is 0 Å². The number of piperazine rings is 3. The molecule has 0 saturated carbocycles.